The molecular formula is C33H26Br2N2O4. The summed E-state index contributed by atoms with van der Waals surface area (Å²) in [7, 11) is 1.54. The third-order valence-electron chi connectivity index (χ3n) is 6.32. The average Bonchev–Trinajstić information content (AvgIpc) is 3.00. The Bertz CT molecular complexity index is 1700. The third kappa shape index (κ3) is 7.14. The normalized spacial score (nSPS) is 11.0. The summed E-state index contributed by atoms with van der Waals surface area (Å²) in [5, 5.41) is 6.49. The van der Waals surface area contributed by atoms with Crippen molar-refractivity contribution in [1.29, 1.82) is 0 Å². The minimum Gasteiger partial charge on any atom is -0.493 e. The van der Waals surface area contributed by atoms with E-state index in [1.165, 1.54) is 7.11 Å². The quantitative estimate of drug-likeness (QED) is 0.120. The maximum absolute atomic E-state index is 12.9. The number of hydrogen-bond donors (Lipinski definition) is 1. The molecule has 0 atom stereocenters. The number of nitrogens with zero attached hydrogens (tertiary/aromatic N) is 1. The molecule has 0 aliphatic carbocycles. The summed E-state index contributed by atoms with van der Waals surface area (Å²) in [6.45, 7) is 0.757. The van der Waals surface area contributed by atoms with E-state index in [0.29, 0.717) is 41.6 Å². The lowest BCUT2D eigenvalue weighted by Gasteiger charge is -2.13. The molecule has 0 radical (unpaired) electrons. The summed E-state index contributed by atoms with van der Waals surface area (Å²) in [6.07, 6.45) is 1.56. The Balaban J connectivity index is 1.27. The molecule has 5 aromatic carbocycles. The molecule has 0 saturated carbocycles. The van der Waals surface area contributed by atoms with Crippen molar-refractivity contribution in [1.82, 2.24) is 5.43 Å². The summed E-state index contributed by atoms with van der Waals surface area (Å²) in [5.41, 5.74) is 5.76. The van der Waals surface area contributed by atoms with Gasteiger partial charge < -0.3 is 14.2 Å². The molecule has 0 unspecified atom stereocenters. The number of rotatable bonds is 10. The second-order valence-electron chi connectivity index (χ2n) is 9.07. The van der Waals surface area contributed by atoms with Crippen LogP contribution in [0.5, 0.6) is 17.2 Å². The van der Waals surface area contributed by atoms with E-state index in [4.69, 9.17) is 14.2 Å². The summed E-state index contributed by atoms with van der Waals surface area (Å²) in [4.78, 5) is 12.9. The number of hydrogen-bond acceptors (Lipinski definition) is 5. The van der Waals surface area contributed by atoms with Gasteiger partial charge in [-0.25, -0.2) is 5.43 Å². The van der Waals surface area contributed by atoms with Crippen LogP contribution in [0.2, 0.25) is 0 Å². The fourth-order valence-corrected chi connectivity index (χ4v) is 5.66. The summed E-state index contributed by atoms with van der Waals surface area (Å²) >= 11 is 7.12. The van der Waals surface area contributed by atoms with Crippen LogP contribution in [0.4, 0.5) is 0 Å². The number of carbonyl (C=O) groups excluding carboxylic acids is 1. The molecule has 0 saturated heterocycles. The van der Waals surface area contributed by atoms with Crippen molar-refractivity contribution in [2.24, 2.45) is 5.10 Å². The van der Waals surface area contributed by atoms with Crippen LogP contribution in [0.3, 0.4) is 0 Å². The third-order valence-corrected chi connectivity index (χ3v) is 7.37. The second-order valence-corrected chi connectivity index (χ2v) is 10.8. The van der Waals surface area contributed by atoms with Gasteiger partial charge in [-0.3, -0.25) is 4.79 Å². The molecule has 206 valence electrons. The van der Waals surface area contributed by atoms with E-state index >= 15 is 0 Å². The van der Waals surface area contributed by atoms with Gasteiger partial charge in [-0.15, -0.1) is 0 Å². The van der Waals surface area contributed by atoms with E-state index < -0.39 is 0 Å². The van der Waals surface area contributed by atoms with E-state index in [-0.39, 0.29) is 5.91 Å². The first-order valence-corrected chi connectivity index (χ1v) is 14.4. The Labute approximate surface area is 255 Å². The molecule has 0 fully saturated rings. The smallest absolute Gasteiger partial charge is 0.271 e. The first-order valence-electron chi connectivity index (χ1n) is 12.8. The van der Waals surface area contributed by atoms with Gasteiger partial charge in [0.05, 0.1) is 17.8 Å². The molecule has 0 spiro atoms. The Morgan fingerprint density at radius 1 is 0.829 bits per heavy atom. The lowest BCUT2D eigenvalue weighted by molar-refractivity contribution is 0.0954. The van der Waals surface area contributed by atoms with E-state index in [1.807, 2.05) is 60.7 Å². The molecule has 6 nitrogen and oxygen atoms in total. The Morgan fingerprint density at radius 3 is 2.44 bits per heavy atom. The molecule has 1 amide bonds. The van der Waals surface area contributed by atoms with Gasteiger partial charge in [-0.05, 0) is 68.2 Å². The first-order chi connectivity index (χ1) is 20.0. The van der Waals surface area contributed by atoms with Gasteiger partial charge in [0.2, 0.25) is 0 Å². The van der Waals surface area contributed by atoms with Crippen molar-refractivity contribution in [3.8, 4) is 17.2 Å². The number of ether oxygens (including phenoxy) is 3. The van der Waals surface area contributed by atoms with Crippen LogP contribution in [0.15, 0.2) is 117 Å². The van der Waals surface area contributed by atoms with E-state index in [9.17, 15) is 4.79 Å². The highest BCUT2D eigenvalue weighted by molar-refractivity contribution is 9.11. The Kier molecular flexibility index (Phi) is 9.33. The predicted molar refractivity (Wildman–Crippen MR) is 169 cm³/mol. The monoisotopic (exact) mass is 672 g/mol. The first kappa shape index (κ1) is 28.4. The Morgan fingerprint density at radius 2 is 1.61 bits per heavy atom. The minimum absolute atomic E-state index is 0.368. The second kappa shape index (κ2) is 13.5. The molecule has 1 N–H and O–H groups in total. The Hall–Kier alpha value is -4.14. The average molecular weight is 674 g/mol. The molecule has 8 heteroatoms. The van der Waals surface area contributed by atoms with Crippen molar-refractivity contribution in [2.75, 3.05) is 7.11 Å². The zero-order valence-corrected chi connectivity index (χ0v) is 25.3. The van der Waals surface area contributed by atoms with Crippen LogP contribution < -0.4 is 19.6 Å². The van der Waals surface area contributed by atoms with Gasteiger partial charge >= 0.3 is 0 Å². The van der Waals surface area contributed by atoms with Crippen molar-refractivity contribution < 1.29 is 19.0 Å². The SMILES string of the molecule is COc1cc(C(=O)N/N=C/c2cc(Br)cc(Br)c2OCc2cccc3ccccc23)ccc1OCc1ccccc1. The van der Waals surface area contributed by atoms with Crippen LogP contribution in [0.25, 0.3) is 10.8 Å². The molecule has 0 aliphatic rings. The highest BCUT2D eigenvalue weighted by atomic mass is 79.9. The lowest BCUT2D eigenvalue weighted by atomic mass is 10.1. The zero-order valence-electron chi connectivity index (χ0n) is 22.1. The number of hydrazone groups is 1. The van der Waals surface area contributed by atoms with E-state index in [2.05, 4.69) is 66.7 Å². The van der Waals surface area contributed by atoms with Crippen LogP contribution in [-0.2, 0) is 13.2 Å². The number of fused-ring (bicyclic) bond motifs is 1. The van der Waals surface area contributed by atoms with Crippen LogP contribution >= 0.6 is 31.9 Å². The fraction of sp³-hybridized carbons (Fsp3) is 0.0909. The van der Waals surface area contributed by atoms with Crippen molar-refractivity contribution in [3.05, 3.63) is 134 Å². The van der Waals surface area contributed by atoms with E-state index in [1.54, 1.807) is 24.4 Å². The van der Waals surface area contributed by atoms with Gasteiger partial charge in [0.1, 0.15) is 19.0 Å². The van der Waals surface area contributed by atoms with Crippen LogP contribution in [0.1, 0.15) is 27.0 Å². The number of amides is 1. The number of benzene rings is 5. The summed E-state index contributed by atoms with van der Waals surface area (Å²) in [5.74, 6) is 1.23. The number of nitrogens with one attached hydrogen (secondary N) is 1. The van der Waals surface area contributed by atoms with E-state index in [0.717, 1.165) is 30.8 Å². The van der Waals surface area contributed by atoms with Crippen molar-refractivity contribution in [3.63, 3.8) is 0 Å². The number of methoxy groups -OCH3 is 1. The van der Waals surface area contributed by atoms with Gasteiger partial charge in [0, 0.05) is 15.6 Å². The highest BCUT2D eigenvalue weighted by Crippen LogP contribution is 2.33. The molecule has 0 heterocycles. The largest absolute Gasteiger partial charge is 0.493 e. The molecule has 5 aromatic rings. The lowest BCUT2D eigenvalue weighted by Crippen LogP contribution is -2.17. The van der Waals surface area contributed by atoms with Crippen LogP contribution in [-0.4, -0.2) is 19.2 Å². The van der Waals surface area contributed by atoms with Gasteiger partial charge in [0.15, 0.2) is 11.5 Å². The molecule has 0 bridgehead atoms. The summed E-state index contributed by atoms with van der Waals surface area (Å²) < 4.78 is 19.2. The topological polar surface area (TPSA) is 69.2 Å². The minimum atomic E-state index is -0.388. The summed E-state index contributed by atoms with van der Waals surface area (Å²) in [6, 6.07) is 33.0. The van der Waals surface area contributed by atoms with Gasteiger partial charge in [-0.1, -0.05) is 88.7 Å². The number of halogens is 2. The van der Waals surface area contributed by atoms with Crippen molar-refractivity contribution in [2.45, 2.75) is 13.2 Å². The molecular weight excluding hydrogens is 648 g/mol. The molecule has 0 aliphatic heterocycles. The van der Waals surface area contributed by atoms with Gasteiger partial charge in [0.25, 0.3) is 5.91 Å². The zero-order chi connectivity index (χ0) is 28.6. The molecule has 5 rings (SSSR count). The van der Waals surface area contributed by atoms with Gasteiger partial charge in [-0.2, -0.15) is 5.10 Å². The standard InChI is InChI=1S/C33H26Br2N2O4/c1-39-31-17-24(14-15-30(31)40-20-22-8-3-2-4-9-22)33(38)37-36-19-26-16-27(34)18-29(35)32(26)41-21-25-12-7-11-23-10-5-6-13-28(23)25/h2-19H,20-21H2,1H3,(H,37,38)/b36-19+. The van der Waals surface area contributed by atoms with Crippen LogP contribution in [0, 0.1) is 0 Å². The fourth-order valence-electron chi connectivity index (χ4n) is 4.29. The number of carbonyl (C=O) groups is 1. The maximum Gasteiger partial charge on any atom is 0.271 e. The molecule has 0 aromatic heterocycles. The highest BCUT2D eigenvalue weighted by Gasteiger charge is 2.13. The van der Waals surface area contributed by atoms with Crippen molar-refractivity contribution >= 4 is 54.8 Å². The molecule has 41 heavy (non-hydrogen) atoms. The maximum atomic E-state index is 12.9. The predicted octanol–water partition coefficient (Wildman–Crippen LogP) is 8.30.